The fraction of sp³-hybridized carbons (Fsp3) is 0.286. The van der Waals surface area contributed by atoms with Crippen LogP contribution < -0.4 is 4.90 Å². The first-order valence-electron chi connectivity index (χ1n) is 9.21. The SMILES string of the molecule is O=C(O)c1ccc(N2CCC[C@H](c3[nH]ncc3Cc3ccccc3)C2)nc1. The van der Waals surface area contributed by atoms with Crippen molar-refractivity contribution in [3.8, 4) is 0 Å². The molecule has 1 saturated heterocycles. The molecule has 1 atom stereocenters. The van der Waals surface area contributed by atoms with E-state index in [-0.39, 0.29) is 5.56 Å². The molecule has 4 rings (SSSR count). The summed E-state index contributed by atoms with van der Waals surface area (Å²) in [4.78, 5) is 17.6. The summed E-state index contributed by atoms with van der Waals surface area (Å²) in [6.45, 7) is 1.78. The highest BCUT2D eigenvalue weighted by atomic mass is 16.4. The molecule has 6 heteroatoms. The van der Waals surface area contributed by atoms with Gasteiger partial charge in [-0.3, -0.25) is 5.10 Å². The van der Waals surface area contributed by atoms with E-state index in [0.717, 1.165) is 38.2 Å². The van der Waals surface area contributed by atoms with E-state index in [2.05, 4.69) is 44.3 Å². The summed E-state index contributed by atoms with van der Waals surface area (Å²) in [7, 11) is 0. The van der Waals surface area contributed by atoms with Gasteiger partial charge in [0.25, 0.3) is 0 Å². The molecule has 2 aromatic heterocycles. The number of aromatic amines is 1. The van der Waals surface area contributed by atoms with Gasteiger partial charge in [0.1, 0.15) is 5.82 Å². The molecular formula is C21H22N4O2. The van der Waals surface area contributed by atoms with Crippen LogP contribution in [-0.2, 0) is 6.42 Å². The van der Waals surface area contributed by atoms with Crippen molar-refractivity contribution in [3.05, 3.63) is 77.2 Å². The average Bonchev–Trinajstić information content (AvgIpc) is 3.17. The van der Waals surface area contributed by atoms with Crippen LogP contribution in [0.5, 0.6) is 0 Å². The van der Waals surface area contributed by atoms with Gasteiger partial charge in [-0.1, -0.05) is 30.3 Å². The molecular weight excluding hydrogens is 340 g/mol. The number of pyridine rings is 1. The second-order valence-electron chi connectivity index (χ2n) is 6.97. The Balaban J connectivity index is 1.50. The third-order valence-corrected chi connectivity index (χ3v) is 5.14. The van der Waals surface area contributed by atoms with Gasteiger partial charge in [-0.05, 0) is 36.1 Å². The van der Waals surface area contributed by atoms with Crippen molar-refractivity contribution in [2.75, 3.05) is 18.0 Å². The average molecular weight is 362 g/mol. The van der Waals surface area contributed by atoms with E-state index in [1.54, 1.807) is 12.1 Å². The Morgan fingerprint density at radius 1 is 1.19 bits per heavy atom. The van der Waals surface area contributed by atoms with Crippen LogP contribution in [0.2, 0.25) is 0 Å². The summed E-state index contributed by atoms with van der Waals surface area (Å²) in [5.74, 6) is 0.239. The van der Waals surface area contributed by atoms with Gasteiger partial charge >= 0.3 is 5.97 Å². The van der Waals surface area contributed by atoms with Gasteiger partial charge in [-0.25, -0.2) is 9.78 Å². The van der Waals surface area contributed by atoms with E-state index >= 15 is 0 Å². The number of aromatic carboxylic acids is 1. The number of aromatic nitrogens is 3. The van der Waals surface area contributed by atoms with E-state index < -0.39 is 5.97 Å². The van der Waals surface area contributed by atoms with Gasteiger partial charge in [-0.15, -0.1) is 0 Å². The van der Waals surface area contributed by atoms with Crippen molar-refractivity contribution in [3.63, 3.8) is 0 Å². The number of rotatable bonds is 5. The number of nitrogens with one attached hydrogen (secondary N) is 1. The molecule has 0 saturated carbocycles. The number of benzene rings is 1. The first-order valence-corrected chi connectivity index (χ1v) is 9.21. The lowest BCUT2D eigenvalue weighted by Crippen LogP contribution is -2.35. The normalized spacial score (nSPS) is 17.0. The van der Waals surface area contributed by atoms with Crippen molar-refractivity contribution in [1.29, 1.82) is 0 Å². The van der Waals surface area contributed by atoms with Crippen LogP contribution in [-0.4, -0.2) is 39.3 Å². The van der Waals surface area contributed by atoms with Crippen LogP contribution in [0.25, 0.3) is 0 Å². The molecule has 1 aliphatic heterocycles. The molecule has 1 aliphatic rings. The largest absolute Gasteiger partial charge is 0.478 e. The number of carbonyl (C=O) groups is 1. The second kappa shape index (κ2) is 7.61. The minimum atomic E-state index is -0.950. The number of H-pyrrole nitrogens is 1. The lowest BCUT2D eigenvalue weighted by molar-refractivity contribution is 0.0696. The van der Waals surface area contributed by atoms with Crippen LogP contribution in [0.15, 0.2) is 54.9 Å². The summed E-state index contributed by atoms with van der Waals surface area (Å²) < 4.78 is 0. The molecule has 0 bridgehead atoms. The van der Waals surface area contributed by atoms with Gasteiger partial charge in [-0.2, -0.15) is 5.10 Å². The lowest BCUT2D eigenvalue weighted by atomic mass is 9.91. The van der Waals surface area contributed by atoms with Crippen LogP contribution in [0.3, 0.4) is 0 Å². The molecule has 0 amide bonds. The smallest absolute Gasteiger partial charge is 0.337 e. The fourth-order valence-corrected chi connectivity index (χ4v) is 3.75. The number of anilines is 1. The quantitative estimate of drug-likeness (QED) is 0.726. The maximum atomic E-state index is 11.0. The minimum Gasteiger partial charge on any atom is -0.478 e. The minimum absolute atomic E-state index is 0.214. The predicted molar refractivity (Wildman–Crippen MR) is 103 cm³/mol. The van der Waals surface area contributed by atoms with E-state index in [1.807, 2.05) is 12.3 Å². The zero-order valence-electron chi connectivity index (χ0n) is 15.0. The van der Waals surface area contributed by atoms with Crippen LogP contribution in [0.4, 0.5) is 5.82 Å². The van der Waals surface area contributed by atoms with Crippen LogP contribution in [0.1, 0.15) is 45.9 Å². The Kier molecular flexibility index (Phi) is 4.87. The summed E-state index contributed by atoms with van der Waals surface area (Å²) in [6.07, 6.45) is 6.40. The first kappa shape index (κ1) is 17.3. The summed E-state index contributed by atoms with van der Waals surface area (Å²) in [6, 6.07) is 13.8. The number of hydrogen-bond acceptors (Lipinski definition) is 4. The van der Waals surface area contributed by atoms with Crippen molar-refractivity contribution in [2.45, 2.75) is 25.2 Å². The van der Waals surface area contributed by atoms with E-state index in [1.165, 1.54) is 23.0 Å². The molecule has 0 spiro atoms. The topological polar surface area (TPSA) is 82.1 Å². The fourth-order valence-electron chi connectivity index (χ4n) is 3.75. The standard InChI is InChI=1S/C21H22N4O2/c26-21(27)16-8-9-19(22-12-16)25-10-4-7-17(14-25)20-18(13-23-24-20)11-15-5-2-1-3-6-15/h1-3,5-6,8-9,12-13,17H,4,7,10-11,14H2,(H,23,24)(H,26,27)/t17-/m0/s1. The number of hydrogen-bond donors (Lipinski definition) is 2. The zero-order valence-corrected chi connectivity index (χ0v) is 15.0. The monoisotopic (exact) mass is 362 g/mol. The Morgan fingerprint density at radius 2 is 2.04 bits per heavy atom. The third kappa shape index (κ3) is 3.84. The molecule has 138 valence electrons. The zero-order chi connectivity index (χ0) is 18.6. The van der Waals surface area contributed by atoms with Crippen molar-refractivity contribution >= 4 is 11.8 Å². The van der Waals surface area contributed by atoms with Crippen LogP contribution in [0, 0.1) is 0 Å². The molecule has 1 fully saturated rings. The molecule has 27 heavy (non-hydrogen) atoms. The van der Waals surface area contributed by atoms with E-state index in [9.17, 15) is 4.79 Å². The van der Waals surface area contributed by atoms with Crippen molar-refractivity contribution < 1.29 is 9.90 Å². The highest BCUT2D eigenvalue weighted by molar-refractivity contribution is 5.87. The van der Waals surface area contributed by atoms with Crippen molar-refractivity contribution in [2.24, 2.45) is 0 Å². The van der Waals surface area contributed by atoms with Gasteiger partial charge in [0.15, 0.2) is 0 Å². The summed E-state index contributed by atoms with van der Waals surface area (Å²) in [5.41, 5.74) is 3.93. The van der Waals surface area contributed by atoms with Crippen LogP contribution >= 0.6 is 0 Å². The first-order chi connectivity index (χ1) is 13.2. The van der Waals surface area contributed by atoms with Gasteiger partial charge < -0.3 is 10.0 Å². The number of carboxylic acids is 1. The van der Waals surface area contributed by atoms with Gasteiger partial charge in [0, 0.05) is 37.3 Å². The second-order valence-corrected chi connectivity index (χ2v) is 6.97. The van der Waals surface area contributed by atoms with Gasteiger partial charge in [0.2, 0.25) is 0 Å². The Bertz CT molecular complexity index is 905. The Morgan fingerprint density at radius 3 is 2.78 bits per heavy atom. The van der Waals surface area contributed by atoms with E-state index in [0.29, 0.717) is 5.92 Å². The Labute approximate surface area is 157 Å². The molecule has 0 radical (unpaired) electrons. The number of carboxylic acid groups (broad SMARTS) is 1. The molecule has 6 nitrogen and oxygen atoms in total. The molecule has 3 aromatic rings. The third-order valence-electron chi connectivity index (χ3n) is 5.14. The highest BCUT2D eigenvalue weighted by Crippen LogP contribution is 2.30. The number of piperidine rings is 1. The van der Waals surface area contributed by atoms with E-state index in [4.69, 9.17) is 5.11 Å². The molecule has 2 N–H and O–H groups in total. The highest BCUT2D eigenvalue weighted by Gasteiger charge is 2.25. The predicted octanol–water partition coefficient (Wildman–Crippen LogP) is 3.48. The Hall–Kier alpha value is -3.15. The molecule has 3 heterocycles. The molecule has 0 unspecified atom stereocenters. The molecule has 0 aliphatic carbocycles. The molecule has 1 aromatic carbocycles. The summed E-state index contributed by atoms with van der Waals surface area (Å²) >= 11 is 0. The maximum absolute atomic E-state index is 11.0. The lowest BCUT2D eigenvalue weighted by Gasteiger charge is -2.33. The number of nitrogens with zero attached hydrogens (tertiary/aromatic N) is 3. The van der Waals surface area contributed by atoms with Gasteiger partial charge in [0.05, 0.1) is 11.8 Å². The maximum Gasteiger partial charge on any atom is 0.337 e. The van der Waals surface area contributed by atoms with Crippen molar-refractivity contribution in [1.82, 2.24) is 15.2 Å². The summed E-state index contributed by atoms with van der Waals surface area (Å²) in [5, 5.41) is 16.6.